The molecule has 2 nitrogen and oxygen atoms in total. The van der Waals surface area contributed by atoms with Crippen molar-refractivity contribution in [3.63, 3.8) is 0 Å². The minimum atomic E-state index is -1.61. The van der Waals surface area contributed by atoms with E-state index in [1.54, 1.807) is 6.92 Å². The Labute approximate surface area is 92.7 Å². The number of carbonyl (C=O) groups is 1. The van der Waals surface area contributed by atoms with Crippen LogP contribution in [0.3, 0.4) is 0 Å². The summed E-state index contributed by atoms with van der Waals surface area (Å²) in [6, 6.07) is 0. The van der Waals surface area contributed by atoms with E-state index >= 15 is 0 Å². The third-order valence-corrected chi connectivity index (χ3v) is 0. The van der Waals surface area contributed by atoms with Crippen LogP contribution in [0.25, 0.3) is 0 Å². The van der Waals surface area contributed by atoms with E-state index in [-0.39, 0.29) is 12.4 Å². The molecular weight excluding hydrogens is 246 g/mol. The van der Waals surface area contributed by atoms with Crippen LogP contribution >= 0.6 is 46.4 Å². The molecule has 0 bridgehead atoms. The lowest BCUT2D eigenvalue weighted by molar-refractivity contribution is -0.114. The summed E-state index contributed by atoms with van der Waals surface area (Å²) in [4.78, 5) is 9.44. The number of ketones is 1. The van der Waals surface area contributed by atoms with E-state index in [1.807, 2.05) is 0 Å². The minimum Gasteiger partial charge on any atom is -0.397 e. The molecule has 0 unspecified atom stereocenters. The normalized spacial score (nSPS) is 8.67. The van der Waals surface area contributed by atoms with Gasteiger partial charge in [-0.2, -0.15) is 0 Å². The number of carbonyl (C=O) groups excluding carboxylic acids is 1. The Bertz CT molecular complexity index is 90.2. The molecule has 0 radical (unpaired) electrons. The molecule has 0 heterocycles. The van der Waals surface area contributed by atoms with E-state index in [0.29, 0.717) is 0 Å². The van der Waals surface area contributed by atoms with E-state index in [4.69, 9.17) is 51.5 Å². The van der Waals surface area contributed by atoms with Gasteiger partial charge in [0.05, 0.1) is 0 Å². The summed E-state index contributed by atoms with van der Waals surface area (Å²) in [5, 5.41) is 7.57. The van der Waals surface area contributed by atoms with Gasteiger partial charge in [-0.1, -0.05) is 46.4 Å². The highest BCUT2D eigenvalue weighted by Crippen LogP contribution is 2.29. The fourth-order valence-electron chi connectivity index (χ4n) is 0. The van der Waals surface area contributed by atoms with Gasteiger partial charge in [0.15, 0.2) is 0 Å². The van der Waals surface area contributed by atoms with E-state index in [2.05, 4.69) is 0 Å². The van der Waals surface area contributed by atoms with Gasteiger partial charge < -0.3 is 9.90 Å². The van der Waals surface area contributed by atoms with Crippen LogP contribution in [0, 0.1) is 0 Å². The van der Waals surface area contributed by atoms with Crippen molar-refractivity contribution >= 4 is 52.2 Å². The number of Topliss-reactive ketones (excluding diaryl/α,β-unsaturated/α-hetero) is 1. The molecule has 12 heavy (non-hydrogen) atoms. The van der Waals surface area contributed by atoms with Crippen LogP contribution < -0.4 is 0 Å². The van der Waals surface area contributed by atoms with Gasteiger partial charge in [-0.15, -0.1) is 0 Å². The SMILES string of the molecule is CC(C)=O.CCO.ClC(Cl)(Cl)Cl. The second-order valence-corrected chi connectivity index (χ2v) is 5.08. The zero-order chi connectivity index (χ0) is 10.8. The second-order valence-electron chi connectivity index (χ2n) is 1.65. The van der Waals surface area contributed by atoms with Crippen LogP contribution in [-0.4, -0.2) is 20.7 Å². The minimum absolute atomic E-state index is 0.167. The molecule has 0 aliphatic heterocycles. The quantitative estimate of drug-likeness (QED) is 0.677. The molecule has 1 N–H and O–H groups in total. The van der Waals surface area contributed by atoms with Gasteiger partial charge in [0.1, 0.15) is 5.78 Å². The smallest absolute Gasteiger partial charge is 0.266 e. The lowest BCUT2D eigenvalue weighted by Gasteiger charge is -1.91. The molecule has 0 aromatic heterocycles. The summed E-state index contributed by atoms with van der Waals surface area (Å²) in [7, 11) is 0. The van der Waals surface area contributed by atoms with Crippen molar-refractivity contribution in [1.29, 1.82) is 0 Å². The molecule has 6 heteroatoms. The van der Waals surface area contributed by atoms with Gasteiger partial charge in [0.25, 0.3) is 3.25 Å². The predicted octanol–water partition coefficient (Wildman–Crippen LogP) is 3.15. The summed E-state index contributed by atoms with van der Waals surface area (Å²) in [6.45, 7) is 4.99. The molecule has 0 fully saturated rings. The van der Waals surface area contributed by atoms with Gasteiger partial charge in [-0.25, -0.2) is 0 Å². The van der Waals surface area contributed by atoms with E-state index in [9.17, 15) is 4.79 Å². The summed E-state index contributed by atoms with van der Waals surface area (Å²) in [5.41, 5.74) is 0. The van der Waals surface area contributed by atoms with Crippen molar-refractivity contribution in [3.8, 4) is 0 Å². The number of hydrogen-bond acceptors (Lipinski definition) is 2. The topological polar surface area (TPSA) is 37.3 Å². The molecule has 76 valence electrons. The maximum absolute atomic E-state index is 9.44. The molecule has 0 atom stereocenters. The number of alkyl halides is 4. The first-order valence-corrected chi connectivity index (χ1v) is 4.50. The van der Waals surface area contributed by atoms with Gasteiger partial charge in [-0.3, -0.25) is 0 Å². The highest BCUT2D eigenvalue weighted by Gasteiger charge is 2.11. The van der Waals surface area contributed by atoms with Crippen LogP contribution in [0.1, 0.15) is 20.8 Å². The molecular formula is C6H12Cl4O2. The standard InChI is InChI=1S/C3H6O.C2H6O.CCl4/c1-3(2)4;1-2-3;2-1(3,4)5/h1-2H3;3H,2H2,1H3;. The number of aliphatic hydroxyl groups is 1. The zero-order valence-corrected chi connectivity index (χ0v) is 10.1. The molecule has 0 saturated heterocycles. The summed E-state index contributed by atoms with van der Waals surface area (Å²) < 4.78 is -1.61. The summed E-state index contributed by atoms with van der Waals surface area (Å²) in [6.07, 6.45) is 0. The third kappa shape index (κ3) is 1660. The molecule has 0 amide bonds. The Morgan fingerprint density at radius 3 is 1.25 bits per heavy atom. The first-order valence-electron chi connectivity index (χ1n) is 2.98. The van der Waals surface area contributed by atoms with Crippen LogP contribution in [0.4, 0.5) is 0 Å². The van der Waals surface area contributed by atoms with Crippen molar-refractivity contribution in [1.82, 2.24) is 0 Å². The fourth-order valence-corrected chi connectivity index (χ4v) is 0. The second kappa shape index (κ2) is 11.8. The van der Waals surface area contributed by atoms with E-state index in [0.717, 1.165) is 0 Å². The molecule has 0 spiro atoms. The van der Waals surface area contributed by atoms with Crippen LogP contribution in [0.15, 0.2) is 0 Å². The van der Waals surface area contributed by atoms with Crippen LogP contribution in [0.5, 0.6) is 0 Å². The summed E-state index contributed by atoms with van der Waals surface area (Å²) >= 11 is 19.3. The van der Waals surface area contributed by atoms with Crippen molar-refractivity contribution in [3.05, 3.63) is 0 Å². The third-order valence-electron chi connectivity index (χ3n) is 0. The molecule has 0 saturated carbocycles. The van der Waals surface area contributed by atoms with Gasteiger partial charge in [-0.05, 0) is 20.8 Å². The Morgan fingerprint density at radius 1 is 1.25 bits per heavy atom. The predicted molar refractivity (Wildman–Crippen MR) is 55.3 cm³/mol. The number of aliphatic hydroxyl groups excluding tert-OH is 1. The first kappa shape index (κ1) is 18.5. The zero-order valence-electron chi connectivity index (χ0n) is 7.07. The van der Waals surface area contributed by atoms with Crippen LogP contribution in [-0.2, 0) is 4.79 Å². The lowest BCUT2D eigenvalue weighted by Crippen LogP contribution is -1.81. The molecule has 0 aliphatic carbocycles. The highest BCUT2D eigenvalue weighted by molar-refractivity contribution is 6.83. The number of hydrogen-bond donors (Lipinski definition) is 1. The van der Waals surface area contributed by atoms with Crippen LogP contribution in [0.2, 0.25) is 0 Å². The Balaban J connectivity index is -0.000000105. The van der Waals surface area contributed by atoms with Crippen molar-refractivity contribution < 1.29 is 9.90 Å². The van der Waals surface area contributed by atoms with E-state index < -0.39 is 3.25 Å². The van der Waals surface area contributed by atoms with Gasteiger partial charge in [0, 0.05) is 6.61 Å². The fraction of sp³-hybridized carbons (Fsp3) is 0.833. The van der Waals surface area contributed by atoms with Gasteiger partial charge in [0.2, 0.25) is 0 Å². The Morgan fingerprint density at radius 2 is 1.25 bits per heavy atom. The maximum atomic E-state index is 9.44. The lowest BCUT2D eigenvalue weighted by atomic mass is 10.6. The number of halogens is 4. The monoisotopic (exact) mass is 256 g/mol. The highest BCUT2D eigenvalue weighted by atomic mass is 35.6. The van der Waals surface area contributed by atoms with Crippen molar-refractivity contribution in [2.24, 2.45) is 0 Å². The average molecular weight is 258 g/mol. The number of rotatable bonds is 0. The molecule has 0 aromatic carbocycles. The summed E-state index contributed by atoms with van der Waals surface area (Å²) in [5.74, 6) is 0.167. The molecule has 0 rings (SSSR count). The van der Waals surface area contributed by atoms with Crippen molar-refractivity contribution in [2.75, 3.05) is 6.61 Å². The average Bonchev–Trinajstić information content (AvgIpc) is 1.56. The Hall–Kier alpha value is 0.790. The van der Waals surface area contributed by atoms with E-state index in [1.165, 1.54) is 13.8 Å². The van der Waals surface area contributed by atoms with Crippen molar-refractivity contribution in [2.45, 2.75) is 24.0 Å². The first-order chi connectivity index (χ1) is 5.15. The molecule has 0 aliphatic rings. The largest absolute Gasteiger partial charge is 0.397 e. The maximum Gasteiger partial charge on any atom is 0.266 e. The van der Waals surface area contributed by atoms with Gasteiger partial charge >= 0.3 is 0 Å². The molecule has 0 aromatic rings. The Kier molecular flexibility index (Phi) is 18.2.